The standard InChI is InChI=1S/C53H99N9O17S2/c1-44(2)80-42-47(43-81-53(7,8)9)60-79-41-51(66)58-38-50(65)57-37-49(64)56-36-48(63)55-12-11-54-45(3)78-40-46-39-62(61-59-46)13-15-68-17-19-70-21-23-72-25-27-74-29-31-76-33-35-77-34-32-75-30-28-73-26-24-71-22-20-69-18-16-67-14-10-52(4,5)6/h39,44,54H,3,10-38,40-43H2,1-2,4-9H3,(H,55,63)(H,56,64)(H,57,65)(H,58,66)/b60-47+. The van der Waals surface area contributed by atoms with E-state index in [0.717, 1.165) is 18.7 Å². The van der Waals surface area contributed by atoms with Crippen molar-refractivity contribution in [1.82, 2.24) is 41.6 Å². The first-order valence-corrected chi connectivity index (χ1v) is 29.7. The molecule has 4 amide bonds. The van der Waals surface area contributed by atoms with Crippen molar-refractivity contribution in [3.8, 4) is 0 Å². The van der Waals surface area contributed by atoms with Crippen molar-refractivity contribution in [2.45, 2.75) is 85.0 Å². The van der Waals surface area contributed by atoms with Crippen molar-refractivity contribution in [3.63, 3.8) is 0 Å². The number of thioether (sulfide) groups is 2. The molecule has 0 spiro atoms. The molecule has 0 saturated heterocycles. The molecule has 0 bridgehead atoms. The number of carbonyl (C=O) groups excluding carboxylic acids is 4. The van der Waals surface area contributed by atoms with Gasteiger partial charge in [0.2, 0.25) is 17.7 Å². The second-order valence-corrected chi connectivity index (χ2v) is 23.4. The number of carbonyl (C=O) groups is 4. The van der Waals surface area contributed by atoms with Gasteiger partial charge in [-0.15, -0.1) is 16.9 Å². The third-order valence-corrected chi connectivity index (χ3v) is 12.4. The van der Waals surface area contributed by atoms with Crippen molar-refractivity contribution in [2.24, 2.45) is 10.6 Å². The van der Waals surface area contributed by atoms with E-state index in [4.69, 9.17) is 61.7 Å². The normalized spacial score (nSPS) is 11.9. The van der Waals surface area contributed by atoms with E-state index in [-0.39, 0.29) is 55.4 Å². The minimum Gasteiger partial charge on any atom is -0.473 e. The Balaban J connectivity index is 1.88. The highest BCUT2D eigenvalue weighted by Gasteiger charge is 2.15. The van der Waals surface area contributed by atoms with Gasteiger partial charge < -0.3 is 88.3 Å². The van der Waals surface area contributed by atoms with Gasteiger partial charge in [-0.2, -0.15) is 11.8 Å². The van der Waals surface area contributed by atoms with Gasteiger partial charge in [-0.25, -0.2) is 4.68 Å². The van der Waals surface area contributed by atoms with Crippen LogP contribution < -0.4 is 26.6 Å². The SMILES string of the molecule is C=C(NCCNC(=O)CNC(=O)CNC(=O)CNC(=O)CO/N=C(\CSC(C)C)CSC(C)(C)C)OCc1cn(CCOCCOCCOCCOCCOCCOCCOCCOCCOCCOCCOCCC(C)(C)C)nn1. The van der Waals surface area contributed by atoms with Crippen LogP contribution >= 0.6 is 23.5 Å². The van der Waals surface area contributed by atoms with Gasteiger partial charge in [0.1, 0.15) is 12.3 Å². The van der Waals surface area contributed by atoms with E-state index in [1.165, 1.54) is 0 Å². The highest BCUT2D eigenvalue weighted by Crippen LogP contribution is 2.24. The summed E-state index contributed by atoms with van der Waals surface area (Å²) in [5, 5.41) is 25.6. The zero-order valence-corrected chi connectivity index (χ0v) is 51.4. The summed E-state index contributed by atoms with van der Waals surface area (Å²) in [5.74, 6) is -0.502. The van der Waals surface area contributed by atoms with Crippen molar-refractivity contribution >= 4 is 52.9 Å². The summed E-state index contributed by atoms with van der Waals surface area (Å²) in [6.07, 6.45) is 2.77. The Kier molecular flexibility index (Phi) is 46.9. The summed E-state index contributed by atoms with van der Waals surface area (Å²) in [7, 11) is 0. The fourth-order valence-corrected chi connectivity index (χ4v) is 7.15. The molecular weight excluding hydrogens is 1100 g/mol. The molecule has 1 heterocycles. The molecule has 0 unspecified atom stereocenters. The third kappa shape index (κ3) is 53.8. The van der Waals surface area contributed by atoms with Gasteiger partial charge in [-0.05, 0) is 23.7 Å². The molecule has 5 N–H and O–H groups in total. The first-order chi connectivity index (χ1) is 38.9. The van der Waals surface area contributed by atoms with Crippen LogP contribution in [0.5, 0.6) is 0 Å². The molecule has 0 aliphatic rings. The second kappa shape index (κ2) is 50.6. The van der Waals surface area contributed by atoms with E-state index >= 15 is 0 Å². The lowest BCUT2D eigenvalue weighted by Gasteiger charge is -2.18. The predicted molar refractivity (Wildman–Crippen MR) is 310 cm³/mol. The lowest BCUT2D eigenvalue weighted by Crippen LogP contribution is -2.45. The van der Waals surface area contributed by atoms with Crippen LogP contribution in [0.2, 0.25) is 0 Å². The van der Waals surface area contributed by atoms with E-state index in [9.17, 15) is 19.2 Å². The number of hydrogen-bond donors (Lipinski definition) is 5. The highest BCUT2D eigenvalue weighted by molar-refractivity contribution is 8.02. The van der Waals surface area contributed by atoms with Crippen LogP contribution in [-0.2, 0) is 94.0 Å². The molecule has 1 rings (SSSR count). The van der Waals surface area contributed by atoms with Crippen molar-refractivity contribution in [3.05, 3.63) is 24.4 Å². The number of nitrogens with zero attached hydrogens (tertiary/aromatic N) is 4. The molecule has 0 fully saturated rings. The molecule has 26 nitrogen and oxygen atoms in total. The minimum atomic E-state index is -0.585. The largest absolute Gasteiger partial charge is 0.473 e. The van der Waals surface area contributed by atoms with Gasteiger partial charge in [0.15, 0.2) is 12.5 Å². The number of ether oxygens (including phenoxy) is 12. The Morgan fingerprint density at radius 1 is 0.556 bits per heavy atom. The first-order valence-electron chi connectivity index (χ1n) is 27.7. The summed E-state index contributed by atoms with van der Waals surface area (Å²) in [6, 6.07) is 0. The molecule has 0 radical (unpaired) electrons. The number of nitrogens with one attached hydrogen (secondary N) is 5. The Bertz CT molecular complexity index is 1790. The quantitative estimate of drug-likeness (QED) is 0.0270. The zero-order chi connectivity index (χ0) is 59.5. The van der Waals surface area contributed by atoms with Crippen molar-refractivity contribution in [1.29, 1.82) is 0 Å². The maximum Gasteiger partial charge on any atom is 0.261 e. The maximum absolute atomic E-state index is 12.2. The molecule has 0 aliphatic heterocycles. The number of aromatic nitrogens is 3. The number of rotatable bonds is 56. The van der Waals surface area contributed by atoms with Gasteiger partial charge >= 0.3 is 0 Å². The molecule has 1 aromatic rings. The van der Waals surface area contributed by atoms with Crippen LogP contribution in [0, 0.1) is 5.41 Å². The topological polar surface area (TPSA) is 291 Å². The monoisotopic (exact) mass is 1200 g/mol. The van der Waals surface area contributed by atoms with Crippen LogP contribution in [0.3, 0.4) is 0 Å². The predicted octanol–water partition coefficient (Wildman–Crippen LogP) is 1.99. The average molecular weight is 1200 g/mol. The second-order valence-electron chi connectivity index (χ2n) is 20.0. The van der Waals surface area contributed by atoms with E-state index < -0.39 is 23.6 Å². The number of oxime groups is 1. The van der Waals surface area contributed by atoms with Gasteiger partial charge in [-0.1, -0.05) is 65.8 Å². The fourth-order valence-electron chi connectivity index (χ4n) is 5.58. The van der Waals surface area contributed by atoms with Crippen molar-refractivity contribution in [2.75, 3.05) is 196 Å². The van der Waals surface area contributed by atoms with Crippen molar-refractivity contribution < 1.29 is 80.9 Å². The van der Waals surface area contributed by atoms with Gasteiger partial charge in [0.05, 0.1) is 177 Å². The molecule has 0 aliphatic carbocycles. The number of amides is 4. The van der Waals surface area contributed by atoms with E-state index in [0.29, 0.717) is 174 Å². The molecule has 28 heteroatoms. The highest BCUT2D eigenvalue weighted by atomic mass is 32.2. The Morgan fingerprint density at radius 3 is 1.37 bits per heavy atom. The Labute approximate surface area is 489 Å². The lowest BCUT2D eigenvalue weighted by molar-refractivity contribution is -0.130. The van der Waals surface area contributed by atoms with Crippen LogP contribution in [0.15, 0.2) is 23.8 Å². The zero-order valence-electron chi connectivity index (χ0n) is 49.7. The molecule has 470 valence electrons. The van der Waals surface area contributed by atoms with Gasteiger partial charge in [0.25, 0.3) is 5.91 Å². The molecule has 1 aromatic heterocycles. The van der Waals surface area contributed by atoms with Gasteiger partial charge in [0, 0.05) is 35.9 Å². The lowest BCUT2D eigenvalue weighted by atomic mass is 9.93. The maximum atomic E-state index is 12.2. The van der Waals surface area contributed by atoms with E-state index in [1.807, 2.05) is 0 Å². The van der Waals surface area contributed by atoms with Crippen LogP contribution in [0.4, 0.5) is 0 Å². The molecule has 0 aromatic carbocycles. The van der Waals surface area contributed by atoms with Crippen LogP contribution in [0.25, 0.3) is 0 Å². The van der Waals surface area contributed by atoms with Crippen LogP contribution in [-0.4, -0.2) is 251 Å². The van der Waals surface area contributed by atoms with E-state index in [2.05, 4.69) is 104 Å². The average Bonchev–Trinajstić information content (AvgIpc) is 3.88. The summed E-state index contributed by atoms with van der Waals surface area (Å²) in [4.78, 5) is 53.9. The molecule has 81 heavy (non-hydrogen) atoms. The Morgan fingerprint density at radius 2 is 0.951 bits per heavy atom. The number of hydrogen-bond acceptors (Lipinski definition) is 23. The molecule has 0 atom stereocenters. The summed E-state index contributed by atoms with van der Waals surface area (Å²) in [6.45, 7) is 31.7. The Hall–Kier alpha value is -3.91. The molecular formula is C53H99N9O17S2. The summed E-state index contributed by atoms with van der Waals surface area (Å²) in [5.41, 5.74) is 1.70. The summed E-state index contributed by atoms with van der Waals surface area (Å²) < 4.78 is 68.2. The van der Waals surface area contributed by atoms with Gasteiger partial charge in [-0.3, -0.25) is 19.2 Å². The molecule has 0 saturated carbocycles. The summed E-state index contributed by atoms with van der Waals surface area (Å²) >= 11 is 3.46. The first kappa shape index (κ1) is 75.1. The fraction of sp³-hybridized carbons (Fsp3) is 0.830. The minimum absolute atomic E-state index is 0.0537. The van der Waals surface area contributed by atoms with Crippen LogP contribution in [0.1, 0.15) is 67.5 Å². The van der Waals surface area contributed by atoms with E-state index in [1.54, 1.807) is 34.4 Å². The third-order valence-electron chi connectivity index (χ3n) is 9.91. The smallest absolute Gasteiger partial charge is 0.261 e.